The van der Waals surface area contributed by atoms with Gasteiger partial charge in [-0.15, -0.1) is 17.2 Å². The Bertz CT molecular complexity index is 1600. The van der Waals surface area contributed by atoms with Crippen molar-refractivity contribution in [2.45, 2.75) is 57.0 Å². The smallest absolute Gasteiger partial charge is 0.516 e. The van der Waals surface area contributed by atoms with Crippen molar-refractivity contribution < 1.29 is 118 Å². The maximum absolute atomic E-state index is 14.6. The van der Waals surface area contributed by atoms with E-state index in [1.165, 1.54) is 0 Å². The molecule has 0 radical (unpaired) electrons. The van der Waals surface area contributed by atoms with Crippen molar-refractivity contribution in [1.82, 2.24) is 0 Å². The fraction of sp³-hybridized carbons (Fsp3) is 0.333. The summed E-state index contributed by atoms with van der Waals surface area (Å²) < 4.78 is 255. The van der Waals surface area contributed by atoms with E-state index in [2.05, 4.69) is 0 Å². The third-order valence-corrected chi connectivity index (χ3v) is 5.89. The molecule has 3 N–H and O–H groups in total. The van der Waals surface area contributed by atoms with E-state index in [4.69, 9.17) is 19.8 Å². The second-order valence-electron chi connectivity index (χ2n) is 10.1. The molecule has 0 amide bonds. The van der Waals surface area contributed by atoms with Crippen LogP contribution in [0.3, 0.4) is 0 Å². The maximum Gasteiger partial charge on any atom is 1.00 e. The van der Waals surface area contributed by atoms with Gasteiger partial charge in [-0.2, -0.15) is 79.0 Å². The minimum atomic E-state index is -6.07. The summed E-state index contributed by atoms with van der Waals surface area (Å²) in [6.45, 7) is 1.87. The van der Waals surface area contributed by atoms with E-state index in [0.717, 1.165) is 19.9 Å². The summed E-state index contributed by atoms with van der Waals surface area (Å²) in [6.07, 6.45) is -36.8. The van der Waals surface area contributed by atoms with Crippen LogP contribution < -0.4 is 23.6 Å². The normalized spacial score (nSPS) is 13.0. The molecule has 0 unspecified atom stereocenters. The van der Waals surface area contributed by atoms with Gasteiger partial charge in [0, 0.05) is 5.75 Å². The Balaban J connectivity index is 0.00000246. The van der Waals surface area contributed by atoms with Gasteiger partial charge in [0.15, 0.2) is 0 Å². The fourth-order valence-corrected chi connectivity index (χ4v) is 4.19. The van der Waals surface area contributed by atoms with Crippen LogP contribution in [0.1, 0.15) is 47.2 Å². The third-order valence-electron chi connectivity index (χ3n) is 5.89. The molecule has 0 aromatic heterocycles. The van der Waals surface area contributed by atoms with Gasteiger partial charge < -0.3 is 19.8 Å². The van der Waals surface area contributed by atoms with E-state index >= 15 is 0 Å². The van der Waals surface area contributed by atoms with Crippen molar-refractivity contribution >= 4 is 7.32 Å². The molecule has 0 heterocycles. The first-order valence-corrected chi connectivity index (χ1v) is 12.7. The molecule has 0 bridgehead atoms. The van der Waals surface area contributed by atoms with E-state index in [9.17, 15) is 79.0 Å². The monoisotopic (exact) mass is 764 g/mol. The molecule has 0 saturated heterocycles. The number of halogens is 18. The van der Waals surface area contributed by atoms with Crippen LogP contribution in [-0.2, 0) is 37.1 Å². The van der Waals surface area contributed by atoms with E-state index in [-0.39, 0.29) is 18.9 Å². The molecular formula is C27H16BF18LiO4. The van der Waals surface area contributed by atoms with Crippen molar-refractivity contribution in [3.63, 3.8) is 0 Å². The summed E-state index contributed by atoms with van der Waals surface area (Å²) >= 11 is 0. The standard InChI is InChI=1S/C27H13F18O.BH3O3.Li/c1-10(2)46-18-9-17(26(40,41)42)19(11-3-13(22(28,29)30)7-14(4-11)23(31,32)33)20(21(18)27(43,44)45)12-5-15(24(34,35)36)8-16(6-12)25(37,38)39;2-1(3)4;/h3-8,10H,1-2H3;2-4H;/q-1;;+1. The van der Waals surface area contributed by atoms with Gasteiger partial charge in [-0.3, -0.25) is 0 Å². The SMILES string of the molecule is CC(C)Oc1[c-]c(C(F)(F)F)c(-c2cc(C(F)(F)F)cc(C(F)(F)F)c2)c(-c2cc(C(F)(F)F)cc(C(F)(F)F)c2)c1C(F)(F)F.OB(O)O.[Li+]. The van der Waals surface area contributed by atoms with Gasteiger partial charge in [-0.25, -0.2) is 0 Å². The Morgan fingerprint density at radius 2 is 0.804 bits per heavy atom. The van der Waals surface area contributed by atoms with Gasteiger partial charge in [0.2, 0.25) is 0 Å². The van der Waals surface area contributed by atoms with Crippen molar-refractivity contribution in [3.05, 3.63) is 75.8 Å². The first-order valence-electron chi connectivity index (χ1n) is 12.7. The molecule has 4 nitrogen and oxygen atoms in total. The van der Waals surface area contributed by atoms with Crippen LogP contribution in [0, 0.1) is 6.07 Å². The quantitative estimate of drug-likeness (QED) is 0.158. The molecular weight excluding hydrogens is 748 g/mol. The summed E-state index contributed by atoms with van der Waals surface area (Å²) in [6, 6.07) is -2.03. The maximum atomic E-state index is 14.6. The van der Waals surface area contributed by atoms with Crippen LogP contribution in [0.2, 0.25) is 0 Å². The number of rotatable bonds is 4. The zero-order valence-corrected chi connectivity index (χ0v) is 25.2. The van der Waals surface area contributed by atoms with Crippen LogP contribution in [0.15, 0.2) is 36.4 Å². The largest absolute Gasteiger partial charge is 1.00 e. The molecule has 3 rings (SSSR count). The molecule has 0 spiro atoms. The van der Waals surface area contributed by atoms with E-state index in [0.29, 0.717) is 0 Å². The summed E-state index contributed by atoms with van der Waals surface area (Å²) in [5.74, 6) is -1.97. The second-order valence-corrected chi connectivity index (χ2v) is 10.1. The van der Waals surface area contributed by atoms with Crippen molar-refractivity contribution in [2.24, 2.45) is 0 Å². The topological polar surface area (TPSA) is 69.9 Å². The summed E-state index contributed by atoms with van der Waals surface area (Å²) in [5, 5.41) is 21.5. The second kappa shape index (κ2) is 15.4. The summed E-state index contributed by atoms with van der Waals surface area (Å²) in [4.78, 5) is 0. The molecule has 24 heteroatoms. The minimum absolute atomic E-state index is 0. The predicted octanol–water partition coefficient (Wildman–Crippen LogP) is 6.67. The van der Waals surface area contributed by atoms with Crippen LogP contribution in [0.4, 0.5) is 79.0 Å². The molecule has 3 aromatic carbocycles. The molecule has 0 saturated carbocycles. The zero-order valence-electron chi connectivity index (χ0n) is 25.2. The number of alkyl halides is 18. The average molecular weight is 764 g/mol. The minimum Gasteiger partial charge on any atom is -0.516 e. The number of hydrogen-bond acceptors (Lipinski definition) is 4. The van der Waals surface area contributed by atoms with Crippen molar-refractivity contribution in [2.75, 3.05) is 0 Å². The van der Waals surface area contributed by atoms with Crippen molar-refractivity contribution in [3.8, 4) is 28.0 Å². The van der Waals surface area contributed by atoms with E-state index in [1.807, 2.05) is 0 Å². The number of ether oxygens (including phenoxy) is 1. The summed E-state index contributed by atoms with van der Waals surface area (Å²) in [5.41, 5.74) is -23.1. The average Bonchev–Trinajstić information content (AvgIpc) is 2.88. The number of hydrogen-bond donors (Lipinski definition) is 3. The molecule has 0 atom stereocenters. The Labute approximate surface area is 286 Å². The van der Waals surface area contributed by atoms with Crippen LogP contribution in [-0.4, -0.2) is 28.5 Å². The first kappa shape index (κ1) is 45.8. The van der Waals surface area contributed by atoms with Crippen LogP contribution >= 0.6 is 0 Å². The van der Waals surface area contributed by atoms with Gasteiger partial charge in [0.05, 0.1) is 28.4 Å². The third kappa shape index (κ3) is 11.9. The first-order chi connectivity index (χ1) is 22.2. The van der Waals surface area contributed by atoms with Gasteiger partial charge in [0.25, 0.3) is 0 Å². The molecule has 0 fully saturated rings. The van der Waals surface area contributed by atoms with Crippen molar-refractivity contribution in [1.29, 1.82) is 0 Å². The van der Waals surface area contributed by atoms with Gasteiger partial charge >= 0.3 is 63.2 Å². The molecule has 3 aromatic rings. The zero-order chi connectivity index (χ0) is 39.2. The van der Waals surface area contributed by atoms with Gasteiger partial charge in [-0.1, -0.05) is 17.7 Å². The van der Waals surface area contributed by atoms with Gasteiger partial charge in [-0.05, 0) is 54.8 Å². The Kier molecular flexibility index (Phi) is 13.8. The molecule has 51 heavy (non-hydrogen) atoms. The van der Waals surface area contributed by atoms with Crippen LogP contribution in [0.25, 0.3) is 22.3 Å². The molecule has 0 aliphatic rings. The van der Waals surface area contributed by atoms with Gasteiger partial charge in [0.1, 0.15) is 0 Å². The predicted molar refractivity (Wildman–Crippen MR) is 134 cm³/mol. The molecule has 0 aliphatic heterocycles. The Morgan fingerprint density at radius 3 is 1.04 bits per heavy atom. The molecule has 0 aliphatic carbocycles. The van der Waals surface area contributed by atoms with E-state index in [1.54, 1.807) is 0 Å². The fourth-order valence-electron chi connectivity index (χ4n) is 4.19. The Hall–Kier alpha value is -3.26. The molecule has 278 valence electrons. The summed E-state index contributed by atoms with van der Waals surface area (Å²) in [7, 11) is -2.17. The number of benzene rings is 3. The van der Waals surface area contributed by atoms with E-state index < -0.39 is 148 Å². The van der Waals surface area contributed by atoms with Crippen LogP contribution in [0.5, 0.6) is 5.75 Å². The Morgan fingerprint density at radius 1 is 0.510 bits per heavy atom.